The van der Waals surface area contributed by atoms with E-state index in [4.69, 9.17) is 0 Å². The van der Waals surface area contributed by atoms with Crippen molar-refractivity contribution in [2.75, 3.05) is 0 Å². The molecule has 0 spiro atoms. The van der Waals surface area contributed by atoms with Crippen molar-refractivity contribution in [1.29, 1.82) is 0 Å². The Balaban J connectivity index is 0.000000202. The summed E-state index contributed by atoms with van der Waals surface area (Å²) in [4.78, 5) is 22.4. The van der Waals surface area contributed by atoms with E-state index in [0.29, 0.717) is 17.5 Å². The van der Waals surface area contributed by atoms with Crippen molar-refractivity contribution in [2.45, 2.75) is 57.0 Å². The van der Waals surface area contributed by atoms with Crippen LogP contribution in [-0.4, -0.2) is 16.1 Å². The SMILES string of the molecule is O=C1C2CCCCC2C2CCCCC2P1O.c1ccccc1. The highest BCUT2D eigenvalue weighted by atomic mass is 31.1. The zero-order valence-electron chi connectivity index (χ0n) is 13.2. The van der Waals surface area contributed by atoms with Crippen LogP contribution in [0.3, 0.4) is 0 Å². The number of rotatable bonds is 0. The van der Waals surface area contributed by atoms with Crippen molar-refractivity contribution in [3.63, 3.8) is 0 Å². The van der Waals surface area contributed by atoms with E-state index >= 15 is 0 Å². The second kappa shape index (κ2) is 7.70. The lowest BCUT2D eigenvalue weighted by molar-refractivity contribution is -0.120. The Morgan fingerprint density at radius 2 is 1.27 bits per heavy atom. The van der Waals surface area contributed by atoms with Gasteiger partial charge in [0, 0.05) is 11.6 Å². The van der Waals surface area contributed by atoms with Gasteiger partial charge >= 0.3 is 0 Å². The van der Waals surface area contributed by atoms with Gasteiger partial charge in [0.05, 0.1) is 8.15 Å². The number of hydrogen-bond donors (Lipinski definition) is 1. The standard InChI is InChI=1S/C13H21O2P.C6H6/c14-13-11-7-2-1-5-9(11)10-6-3-4-8-12(10)16(13)15;1-2-4-6-5-3-1/h9-12,15H,1-8H2;1-6H. The van der Waals surface area contributed by atoms with E-state index in [-0.39, 0.29) is 11.4 Å². The molecule has 1 aromatic rings. The molecular formula is C19H27O2P. The molecule has 0 bridgehead atoms. The largest absolute Gasteiger partial charge is 0.366 e. The molecule has 3 fully saturated rings. The Morgan fingerprint density at radius 3 is 1.91 bits per heavy atom. The average Bonchev–Trinajstić information content (AvgIpc) is 2.62. The monoisotopic (exact) mass is 318 g/mol. The first-order valence-corrected chi connectivity index (χ1v) is 10.2. The molecule has 5 atom stereocenters. The molecule has 2 aliphatic carbocycles. The lowest BCUT2D eigenvalue weighted by Gasteiger charge is -2.48. The van der Waals surface area contributed by atoms with Crippen LogP contribution in [0, 0.1) is 17.8 Å². The van der Waals surface area contributed by atoms with E-state index in [0.717, 1.165) is 12.8 Å². The topological polar surface area (TPSA) is 37.3 Å². The molecule has 3 aliphatic rings. The molecule has 2 nitrogen and oxygen atoms in total. The van der Waals surface area contributed by atoms with Gasteiger partial charge < -0.3 is 4.89 Å². The summed E-state index contributed by atoms with van der Waals surface area (Å²) in [5, 5.41) is 0. The minimum absolute atomic E-state index is 0.240. The first-order valence-electron chi connectivity index (χ1n) is 8.81. The Labute approximate surface area is 135 Å². The summed E-state index contributed by atoms with van der Waals surface area (Å²) in [6.07, 6.45) is 9.76. The van der Waals surface area contributed by atoms with Crippen molar-refractivity contribution in [3.05, 3.63) is 36.4 Å². The number of carbonyl (C=O) groups excluding carboxylic acids is 1. The third kappa shape index (κ3) is 3.44. The average molecular weight is 318 g/mol. The van der Waals surface area contributed by atoms with Gasteiger partial charge in [0.15, 0.2) is 5.52 Å². The normalized spacial score (nSPS) is 37.3. The van der Waals surface area contributed by atoms with E-state index in [2.05, 4.69) is 0 Å². The molecule has 0 aromatic heterocycles. The lowest BCUT2D eigenvalue weighted by atomic mass is 9.67. The first-order chi connectivity index (χ1) is 10.8. The molecule has 0 radical (unpaired) electrons. The summed E-state index contributed by atoms with van der Waals surface area (Å²) in [5.74, 6) is 1.56. The molecule has 3 heteroatoms. The molecule has 4 rings (SSSR count). The fraction of sp³-hybridized carbons (Fsp3) is 0.632. The van der Waals surface area contributed by atoms with Crippen LogP contribution in [0.5, 0.6) is 0 Å². The number of benzene rings is 1. The Hall–Kier alpha value is -0.720. The first kappa shape index (κ1) is 16.1. The van der Waals surface area contributed by atoms with Gasteiger partial charge in [-0.05, 0) is 37.5 Å². The van der Waals surface area contributed by atoms with Crippen molar-refractivity contribution >= 4 is 13.7 Å². The summed E-state index contributed by atoms with van der Waals surface area (Å²) < 4.78 is 0. The Kier molecular flexibility index (Phi) is 5.66. The number of carbonyl (C=O) groups is 1. The van der Waals surface area contributed by atoms with E-state index in [1.54, 1.807) is 0 Å². The molecule has 2 saturated carbocycles. The maximum Gasteiger partial charge on any atom is 0.185 e. The molecule has 22 heavy (non-hydrogen) atoms. The van der Waals surface area contributed by atoms with Crippen molar-refractivity contribution in [3.8, 4) is 0 Å². The Bertz CT molecular complexity index is 449. The third-order valence-corrected chi connectivity index (χ3v) is 7.73. The van der Waals surface area contributed by atoms with Gasteiger partial charge in [-0.3, -0.25) is 4.79 Å². The van der Waals surface area contributed by atoms with E-state index < -0.39 is 8.15 Å². The lowest BCUT2D eigenvalue weighted by Crippen LogP contribution is -2.44. The van der Waals surface area contributed by atoms with Gasteiger partial charge in [0.1, 0.15) is 0 Å². The molecule has 5 unspecified atom stereocenters. The highest BCUT2D eigenvalue weighted by Crippen LogP contribution is 2.60. The molecule has 1 N–H and O–H groups in total. The molecule has 1 aromatic carbocycles. The second-order valence-electron chi connectivity index (χ2n) is 6.91. The zero-order valence-corrected chi connectivity index (χ0v) is 14.1. The predicted molar refractivity (Wildman–Crippen MR) is 91.8 cm³/mol. The van der Waals surface area contributed by atoms with Gasteiger partial charge in [-0.2, -0.15) is 0 Å². The van der Waals surface area contributed by atoms with Crippen LogP contribution in [0.25, 0.3) is 0 Å². The fourth-order valence-electron chi connectivity index (χ4n) is 4.64. The quantitative estimate of drug-likeness (QED) is 0.686. The van der Waals surface area contributed by atoms with Crippen molar-refractivity contribution < 1.29 is 9.69 Å². The molecule has 120 valence electrons. The summed E-state index contributed by atoms with van der Waals surface area (Å²) in [5.41, 5.74) is 0.624. The van der Waals surface area contributed by atoms with E-state index in [9.17, 15) is 9.69 Å². The van der Waals surface area contributed by atoms with Crippen LogP contribution in [-0.2, 0) is 4.79 Å². The molecule has 1 saturated heterocycles. The van der Waals surface area contributed by atoms with Gasteiger partial charge in [0.25, 0.3) is 0 Å². The smallest absolute Gasteiger partial charge is 0.185 e. The highest BCUT2D eigenvalue weighted by molar-refractivity contribution is 7.70. The maximum atomic E-state index is 12.2. The van der Waals surface area contributed by atoms with Crippen LogP contribution >= 0.6 is 8.15 Å². The van der Waals surface area contributed by atoms with Gasteiger partial charge in [-0.1, -0.05) is 62.1 Å². The van der Waals surface area contributed by atoms with Crippen LogP contribution in [0.1, 0.15) is 51.4 Å². The van der Waals surface area contributed by atoms with E-state index in [1.165, 1.54) is 38.5 Å². The van der Waals surface area contributed by atoms with Gasteiger partial charge in [-0.25, -0.2) is 0 Å². The van der Waals surface area contributed by atoms with Crippen molar-refractivity contribution in [2.24, 2.45) is 17.8 Å². The molecular weight excluding hydrogens is 291 g/mol. The highest BCUT2D eigenvalue weighted by Gasteiger charge is 2.50. The summed E-state index contributed by atoms with van der Waals surface area (Å²) in [6, 6.07) is 12.0. The van der Waals surface area contributed by atoms with Gasteiger partial charge in [0.2, 0.25) is 0 Å². The number of hydrogen-bond acceptors (Lipinski definition) is 2. The maximum absolute atomic E-state index is 12.2. The zero-order chi connectivity index (χ0) is 15.4. The second-order valence-corrected chi connectivity index (χ2v) is 8.70. The van der Waals surface area contributed by atoms with Crippen LogP contribution in [0.2, 0.25) is 0 Å². The summed E-state index contributed by atoms with van der Waals surface area (Å²) in [7, 11) is -1.29. The fourth-order valence-corrected chi connectivity index (χ4v) is 6.79. The summed E-state index contributed by atoms with van der Waals surface area (Å²) >= 11 is 0. The minimum Gasteiger partial charge on any atom is -0.366 e. The van der Waals surface area contributed by atoms with Crippen LogP contribution in [0.15, 0.2) is 36.4 Å². The third-order valence-electron chi connectivity index (χ3n) is 5.67. The minimum atomic E-state index is -1.29. The van der Waals surface area contributed by atoms with Crippen molar-refractivity contribution in [1.82, 2.24) is 0 Å². The van der Waals surface area contributed by atoms with Crippen LogP contribution < -0.4 is 0 Å². The van der Waals surface area contributed by atoms with Crippen LogP contribution in [0.4, 0.5) is 0 Å². The molecule has 1 aliphatic heterocycles. The predicted octanol–water partition coefficient (Wildman–Crippen LogP) is 4.97. The Morgan fingerprint density at radius 1 is 0.773 bits per heavy atom. The number of fused-ring (bicyclic) bond motifs is 3. The molecule has 1 heterocycles. The van der Waals surface area contributed by atoms with E-state index in [1.807, 2.05) is 36.4 Å². The van der Waals surface area contributed by atoms with Gasteiger partial charge in [-0.15, -0.1) is 0 Å². The molecule has 0 amide bonds. The summed E-state index contributed by atoms with van der Waals surface area (Å²) in [6.45, 7) is 0.